The first kappa shape index (κ1) is 15.3. The van der Waals surface area contributed by atoms with Crippen LogP contribution >= 0.6 is 0 Å². The van der Waals surface area contributed by atoms with Crippen molar-refractivity contribution < 1.29 is 13.9 Å². The quantitative estimate of drug-likeness (QED) is 0.678. The number of hydrazone groups is 1. The highest BCUT2D eigenvalue weighted by atomic mass is 16.5. The first-order valence-electron chi connectivity index (χ1n) is 6.60. The highest BCUT2D eigenvalue weighted by Crippen LogP contribution is 2.13. The minimum Gasteiger partial charge on any atom is -0.479 e. The second-order valence-corrected chi connectivity index (χ2v) is 4.54. The fourth-order valence-electron chi connectivity index (χ4n) is 1.85. The third kappa shape index (κ3) is 3.96. The van der Waals surface area contributed by atoms with Crippen molar-refractivity contribution in [2.45, 2.75) is 13.8 Å². The predicted molar refractivity (Wildman–Crippen MR) is 80.8 cm³/mol. The third-order valence-corrected chi connectivity index (χ3v) is 2.85. The summed E-state index contributed by atoms with van der Waals surface area (Å²) in [6.45, 7) is 3.52. The smallest absolute Gasteiger partial charge is 0.274 e. The maximum atomic E-state index is 11.9. The van der Waals surface area contributed by atoms with Crippen molar-refractivity contribution in [2.75, 3.05) is 6.61 Å². The lowest BCUT2D eigenvalue weighted by atomic mass is 10.2. The zero-order valence-electron chi connectivity index (χ0n) is 12.3. The van der Waals surface area contributed by atoms with Crippen LogP contribution in [0.2, 0.25) is 0 Å². The van der Waals surface area contributed by atoms with Crippen molar-refractivity contribution in [1.29, 1.82) is 5.26 Å². The van der Waals surface area contributed by atoms with Crippen LogP contribution in [0.5, 0.6) is 5.75 Å². The van der Waals surface area contributed by atoms with Crippen LogP contribution in [0.4, 0.5) is 0 Å². The average Bonchev–Trinajstić information content (AvgIpc) is 2.85. The van der Waals surface area contributed by atoms with E-state index in [-0.39, 0.29) is 12.5 Å². The third-order valence-electron chi connectivity index (χ3n) is 2.85. The zero-order chi connectivity index (χ0) is 15.9. The normalized spacial score (nSPS) is 10.4. The van der Waals surface area contributed by atoms with E-state index in [9.17, 15) is 4.79 Å². The molecule has 2 aromatic rings. The molecule has 0 fully saturated rings. The number of ether oxygens (including phenoxy) is 1. The maximum absolute atomic E-state index is 11.9. The van der Waals surface area contributed by atoms with Crippen molar-refractivity contribution >= 4 is 12.1 Å². The molecule has 0 aliphatic heterocycles. The van der Waals surface area contributed by atoms with Crippen LogP contribution in [0.25, 0.3) is 0 Å². The van der Waals surface area contributed by atoms with Crippen LogP contribution in [0, 0.1) is 25.2 Å². The molecule has 0 aliphatic rings. The lowest BCUT2D eigenvalue weighted by Gasteiger charge is -2.01. The van der Waals surface area contributed by atoms with Gasteiger partial charge >= 0.3 is 0 Å². The van der Waals surface area contributed by atoms with E-state index in [1.807, 2.05) is 6.07 Å². The summed E-state index contributed by atoms with van der Waals surface area (Å²) in [7, 11) is 0. The molecule has 1 aromatic heterocycles. The first-order chi connectivity index (χ1) is 10.6. The number of hydrogen-bond donors (Lipinski definition) is 1. The molecule has 0 saturated heterocycles. The summed E-state index contributed by atoms with van der Waals surface area (Å²) < 4.78 is 10.4. The van der Waals surface area contributed by atoms with Gasteiger partial charge in [-0.2, -0.15) is 10.4 Å². The van der Waals surface area contributed by atoms with Gasteiger partial charge in [0.15, 0.2) is 6.61 Å². The molecule has 0 bridgehead atoms. The van der Waals surface area contributed by atoms with E-state index in [4.69, 9.17) is 14.4 Å². The first-order valence-corrected chi connectivity index (χ1v) is 6.60. The van der Waals surface area contributed by atoms with Crippen molar-refractivity contribution in [2.24, 2.45) is 5.10 Å². The summed E-state index contributed by atoms with van der Waals surface area (Å²) in [5, 5.41) is 12.3. The van der Waals surface area contributed by atoms with E-state index in [2.05, 4.69) is 10.5 Å². The lowest BCUT2D eigenvalue weighted by molar-refractivity contribution is 0.0953. The Hall–Kier alpha value is -3.07. The number of nitriles is 1. The number of nitrogens with one attached hydrogen (secondary N) is 1. The number of aryl methyl sites for hydroxylation is 2. The van der Waals surface area contributed by atoms with Gasteiger partial charge in [-0.15, -0.1) is 0 Å². The van der Waals surface area contributed by atoms with Crippen molar-refractivity contribution in [3.05, 3.63) is 53.0 Å². The number of hydrogen-bond acceptors (Lipinski definition) is 5. The van der Waals surface area contributed by atoms with Crippen LogP contribution < -0.4 is 10.2 Å². The number of carbonyl (C=O) groups is 1. The van der Waals surface area contributed by atoms with Crippen molar-refractivity contribution in [3.8, 4) is 11.8 Å². The molecule has 2 rings (SSSR count). The molecule has 112 valence electrons. The molecular weight excluding hydrogens is 282 g/mol. The number of carbonyl (C=O) groups excluding carboxylic acids is 1. The van der Waals surface area contributed by atoms with Gasteiger partial charge in [-0.05, 0) is 49.7 Å². The van der Waals surface area contributed by atoms with Crippen molar-refractivity contribution in [1.82, 2.24) is 5.43 Å². The summed E-state index contributed by atoms with van der Waals surface area (Å²) in [6, 6.07) is 10.6. The number of furan rings is 1. The Bertz CT molecular complexity index is 724. The van der Waals surface area contributed by atoms with E-state index in [0.717, 1.165) is 5.56 Å². The second-order valence-electron chi connectivity index (χ2n) is 4.54. The van der Waals surface area contributed by atoms with Gasteiger partial charge < -0.3 is 9.15 Å². The topological polar surface area (TPSA) is 87.6 Å². The van der Waals surface area contributed by atoms with Gasteiger partial charge in [0.1, 0.15) is 23.3 Å². The molecule has 0 atom stereocenters. The molecule has 1 N–H and O–H groups in total. The van der Waals surface area contributed by atoms with Crippen LogP contribution in [0.15, 0.2) is 39.9 Å². The molecule has 6 nitrogen and oxygen atoms in total. The molecule has 1 heterocycles. The molecule has 0 radical (unpaired) electrons. The summed E-state index contributed by atoms with van der Waals surface area (Å²) in [6.07, 6.45) is 1.52. The van der Waals surface area contributed by atoms with Gasteiger partial charge in [0.2, 0.25) is 0 Å². The number of nitrogens with zero attached hydrogens (tertiary/aromatic N) is 2. The summed E-state index contributed by atoms with van der Waals surface area (Å²) in [5.74, 6) is 1.52. The minimum atomic E-state index is -0.320. The number of amides is 1. The summed E-state index contributed by atoms with van der Waals surface area (Å²) in [5.41, 5.74) is 3.71. The standard InChI is InChI=1S/C16H15N3O3/c1-11-9-15(12(2)22-11)16(20)19-18-10-13-3-5-14(6-4-13)21-8-7-17/h3-6,9-10H,8H2,1-2H3,(H,19,20)/b18-10-. The predicted octanol–water partition coefficient (Wildman–Crippen LogP) is 2.56. The Morgan fingerprint density at radius 2 is 2.14 bits per heavy atom. The van der Waals surface area contributed by atoms with E-state index >= 15 is 0 Å². The molecule has 22 heavy (non-hydrogen) atoms. The molecule has 0 spiro atoms. The van der Waals surface area contributed by atoms with E-state index in [0.29, 0.717) is 22.8 Å². The molecule has 1 aromatic carbocycles. The number of benzene rings is 1. The Morgan fingerprint density at radius 1 is 1.41 bits per heavy atom. The Labute approximate surface area is 128 Å². The van der Waals surface area contributed by atoms with Crippen LogP contribution in [0.3, 0.4) is 0 Å². The molecular formula is C16H15N3O3. The van der Waals surface area contributed by atoms with E-state index < -0.39 is 0 Å². The van der Waals surface area contributed by atoms with Crippen LogP contribution in [-0.4, -0.2) is 18.7 Å². The van der Waals surface area contributed by atoms with Gasteiger partial charge in [-0.3, -0.25) is 4.79 Å². The molecule has 0 aliphatic carbocycles. The zero-order valence-corrected chi connectivity index (χ0v) is 12.3. The minimum absolute atomic E-state index is 0.00691. The van der Waals surface area contributed by atoms with Crippen LogP contribution in [-0.2, 0) is 0 Å². The Morgan fingerprint density at radius 3 is 2.73 bits per heavy atom. The van der Waals surface area contributed by atoms with Gasteiger partial charge in [0, 0.05) is 0 Å². The van der Waals surface area contributed by atoms with E-state index in [1.165, 1.54) is 6.21 Å². The monoisotopic (exact) mass is 297 g/mol. The van der Waals surface area contributed by atoms with Crippen LogP contribution in [0.1, 0.15) is 27.4 Å². The van der Waals surface area contributed by atoms with E-state index in [1.54, 1.807) is 44.2 Å². The highest BCUT2D eigenvalue weighted by molar-refractivity contribution is 5.95. The second kappa shape index (κ2) is 7.09. The van der Waals surface area contributed by atoms with Crippen molar-refractivity contribution in [3.63, 3.8) is 0 Å². The fraction of sp³-hybridized carbons (Fsp3) is 0.188. The molecule has 6 heteroatoms. The number of rotatable bonds is 5. The maximum Gasteiger partial charge on any atom is 0.274 e. The molecule has 0 saturated carbocycles. The Balaban J connectivity index is 1.93. The lowest BCUT2D eigenvalue weighted by Crippen LogP contribution is -2.17. The molecule has 1 amide bonds. The van der Waals surface area contributed by atoms with Gasteiger partial charge in [0.25, 0.3) is 5.91 Å². The average molecular weight is 297 g/mol. The SMILES string of the molecule is Cc1cc(C(=O)N/N=C\c2ccc(OCC#N)cc2)c(C)o1. The van der Waals surface area contributed by atoms with Gasteiger partial charge in [-0.25, -0.2) is 5.43 Å². The summed E-state index contributed by atoms with van der Waals surface area (Å²) in [4.78, 5) is 11.9. The molecule has 0 unspecified atom stereocenters. The Kier molecular flexibility index (Phi) is 4.94. The summed E-state index contributed by atoms with van der Waals surface area (Å²) >= 11 is 0. The largest absolute Gasteiger partial charge is 0.479 e. The van der Waals surface area contributed by atoms with Gasteiger partial charge in [-0.1, -0.05) is 0 Å². The highest BCUT2D eigenvalue weighted by Gasteiger charge is 2.12. The fourth-order valence-corrected chi connectivity index (χ4v) is 1.85. The van der Waals surface area contributed by atoms with Gasteiger partial charge in [0.05, 0.1) is 11.8 Å².